The summed E-state index contributed by atoms with van der Waals surface area (Å²) in [5.41, 5.74) is 3.21. The summed E-state index contributed by atoms with van der Waals surface area (Å²) in [6.45, 7) is 5.13. The number of nitrogens with zero attached hydrogens (tertiary/aromatic N) is 2. The number of amides is 2. The van der Waals surface area contributed by atoms with Crippen molar-refractivity contribution >= 4 is 11.8 Å². The van der Waals surface area contributed by atoms with Crippen molar-refractivity contribution in [3.63, 3.8) is 0 Å². The molecular weight excluding hydrogens is 405 g/mol. The number of benzene rings is 2. The lowest BCUT2D eigenvalue weighted by atomic mass is 9.91. The average Bonchev–Trinajstić information content (AvgIpc) is 3.21. The topological polar surface area (TPSA) is 52.7 Å². The largest absolute Gasteiger partial charge is 0.352 e. The summed E-state index contributed by atoms with van der Waals surface area (Å²) in [6.07, 6.45) is 5.77. The van der Waals surface area contributed by atoms with Crippen LogP contribution in [-0.2, 0) is 6.42 Å². The molecule has 3 aliphatic rings. The van der Waals surface area contributed by atoms with E-state index in [-0.39, 0.29) is 11.8 Å². The fraction of sp³-hybridized carbons (Fsp3) is 0.462. The van der Waals surface area contributed by atoms with E-state index in [1.807, 2.05) is 25.1 Å². The second kappa shape index (κ2) is 8.66. The lowest BCUT2D eigenvalue weighted by Crippen LogP contribution is -2.47. The van der Waals surface area contributed by atoms with Crippen molar-refractivity contribution in [2.45, 2.75) is 51.1 Å². The maximum atomic E-state index is 14.8. The van der Waals surface area contributed by atoms with Gasteiger partial charge in [-0.15, -0.1) is 0 Å². The van der Waals surface area contributed by atoms with E-state index in [4.69, 9.17) is 0 Å². The molecule has 1 saturated heterocycles. The first-order valence-electron chi connectivity index (χ1n) is 11.8. The van der Waals surface area contributed by atoms with E-state index in [1.165, 1.54) is 25.3 Å². The van der Waals surface area contributed by atoms with Gasteiger partial charge in [0.05, 0.1) is 0 Å². The van der Waals surface area contributed by atoms with Crippen molar-refractivity contribution in [3.05, 3.63) is 58.9 Å². The van der Waals surface area contributed by atoms with Gasteiger partial charge in [0.25, 0.3) is 11.8 Å². The molecule has 2 aromatic carbocycles. The fourth-order valence-electron chi connectivity index (χ4n) is 5.28. The smallest absolute Gasteiger partial charge is 0.254 e. The Morgan fingerprint density at radius 1 is 1.06 bits per heavy atom. The summed E-state index contributed by atoms with van der Waals surface area (Å²) in [5, 5.41) is 2.69. The molecule has 2 aromatic rings. The van der Waals surface area contributed by atoms with Gasteiger partial charge in [-0.05, 0) is 61.9 Å². The SMILES string of the molecule is CCNC(=O)c1ccc(-c2ccc3c(c2)CCN([C@@H]2CCN(C4CCC4)C2)C3=O)c(F)c1. The van der Waals surface area contributed by atoms with Crippen LogP contribution in [0.25, 0.3) is 11.1 Å². The van der Waals surface area contributed by atoms with E-state index in [1.54, 1.807) is 12.1 Å². The molecule has 1 aliphatic carbocycles. The molecular formula is C26H30FN3O2. The number of fused-ring (bicyclic) bond motifs is 1. The maximum absolute atomic E-state index is 14.8. The van der Waals surface area contributed by atoms with Gasteiger partial charge in [-0.2, -0.15) is 0 Å². The predicted octanol–water partition coefficient (Wildman–Crippen LogP) is 3.87. The summed E-state index contributed by atoms with van der Waals surface area (Å²) in [6, 6.07) is 11.2. The van der Waals surface area contributed by atoms with Crippen molar-refractivity contribution in [2.75, 3.05) is 26.2 Å². The van der Waals surface area contributed by atoms with E-state index in [2.05, 4.69) is 15.1 Å². The molecule has 6 heteroatoms. The van der Waals surface area contributed by atoms with Crippen LogP contribution in [0.1, 0.15) is 58.9 Å². The number of carbonyl (C=O) groups excluding carboxylic acids is 2. The Morgan fingerprint density at radius 3 is 2.59 bits per heavy atom. The second-order valence-corrected chi connectivity index (χ2v) is 9.20. The number of carbonyl (C=O) groups is 2. The number of rotatable bonds is 5. The Labute approximate surface area is 188 Å². The first kappa shape index (κ1) is 21.1. The van der Waals surface area contributed by atoms with Crippen LogP contribution in [0.4, 0.5) is 4.39 Å². The van der Waals surface area contributed by atoms with Gasteiger partial charge in [-0.1, -0.05) is 24.6 Å². The normalized spacial score (nSPS) is 21.4. The lowest BCUT2D eigenvalue weighted by molar-refractivity contribution is 0.0646. The van der Waals surface area contributed by atoms with Gasteiger partial charge in [0, 0.05) is 55.0 Å². The van der Waals surface area contributed by atoms with Crippen LogP contribution >= 0.6 is 0 Å². The fourth-order valence-corrected chi connectivity index (χ4v) is 5.28. The molecule has 1 saturated carbocycles. The summed E-state index contributed by atoms with van der Waals surface area (Å²) in [4.78, 5) is 29.8. The molecule has 0 unspecified atom stereocenters. The highest BCUT2D eigenvalue weighted by Crippen LogP contribution is 2.33. The minimum absolute atomic E-state index is 0.102. The number of hydrogen-bond donors (Lipinski definition) is 1. The van der Waals surface area contributed by atoms with Crippen molar-refractivity contribution in [3.8, 4) is 11.1 Å². The minimum Gasteiger partial charge on any atom is -0.352 e. The van der Waals surface area contributed by atoms with Crippen LogP contribution in [0.2, 0.25) is 0 Å². The minimum atomic E-state index is -0.431. The van der Waals surface area contributed by atoms with Crippen LogP contribution in [0.3, 0.4) is 0 Å². The third kappa shape index (κ3) is 3.81. The number of nitrogens with one attached hydrogen (secondary N) is 1. The van der Waals surface area contributed by atoms with E-state index < -0.39 is 5.82 Å². The van der Waals surface area contributed by atoms with Crippen molar-refractivity contribution in [1.82, 2.24) is 15.1 Å². The molecule has 0 radical (unpaired) electrons. The Hall–Kier alpha value is -2.73. The Balaban J connectivity index is 1.33. The highest BCUT2D eigenvalue weighted by atomic mass is 19.1. The molecule has 1 N–H and O–H groups in total. The van der Waals surface area contributed by atoms with Crippen LogP contribution in [0.15, 0.2) is 36.4 Å². The average molecular weight is 436 g/mol. The third-order valence-corrected chi connectivity index (χ3v) is 7.32. The van der Waals surface area contributed by atoms with Crippen LogP contribution in [0, 0.1) is 5.82 Å². The first-order valence-corrected chi connectivity index (χ1v) is 11.8. The molecule has 0 aromatic heterocycles. The molecule has 5 rings (SSSR count). The van der Waals surface area contributed by atoms with Gasteiger partial charge in [0.15, 0.2) is 0 Å². The second-order valence-electron chi connectivity index (χ2n) is 9.20. The van der Waals surface area contributed by atoms with E-state index in [9.17, 15) is 14.0 Å². The number of hydrogen-bond acceptors (Lipinski definition) is 3. The van der Waals surface area contributed by atoms with E-state index in [0.717, 1.165) is 55.2 Å². The standard InChI is InChI=1S/C26H30FN3O2/c1-2-28-25(31)19-7-8-22(24(27)15-19)17-6-9-23-18(14-17)10-13-30(26(23)32)21-11-12-29(16-21)20-4-3-5-20/h6-9,14-15,20-21H,2-5,10-13,16H2,1H3,(H,28,31)/t21-/m1/s1. The molecule has 32 heavy (non-hydrogen) atoms. The summed E-state index contributed by atoms with van der Waals surface area (Å²) in [5.74, 6) is -0.610. The molecule has 2 heterocycles. The predicted molar refractivity (Wildman–Crippen MR) is 122 cm³/mol. The quantitative estimate of drug-likeness (QED) is 0.776. The summed E-state index contributed by atoms with van der Waals surface area (Å²) in [7, 11) is 0. The van der Waals surface area contributed by atoms with Gasteiger partial charge < -0.3 is 10.2 Å². The van der Waals surface area contributed by atoms with Crippen molar-refractivity contribution in [1.29, 1.82) is 0 Å². The Morgan fingerprint density at radius 2 is 1.88 bits per heavy atom. The zero-order chi connectivity index (χ0) is 22.2. The van der Waals surface area contributed by atoms with Crippen LogP contribution in [-0.4, -0.2) is 59.9 Å². The molecule has 2 fully saturated rings. The van der Waals surface area contributed by atoms with E-state index >= 15 is 0 Å². The van der Waals surface area contributed by atoms with Gasteiger partial charge in [-0.25, -0.2) is 4.39 Å². The van der Waals surface area contributed by atoms with Gasteiger partial charge in [0.1, 0.15) is 5.82 Å². The van der Waals surface area contributed by atoms with E-state index in [0.29, 0.717) is 23.7 Å². The van der Waals surface area contributed by atoms with Gasteiger partial charge in [0.2, 0.25) is 0 Å². The Kier molecular flexibility index (Phi) is 5.72. The monoisotopic (exact) mass is 435 g/mol. The highest BCUT2D eigenvalue weighted by molar-refractivity contribution is 5.98. The van der Waals surface area contributed by atoms with Gasteiger partial charge in [-0.3, -0.25) is 14.5 Å². The zero-order valence-corrected chi connectivity index (χ0v) is 18.6. The molecule has 5 nitrogen and oxygen atoms in total. The highest BCUT2D eigenvalue weighted by Gasteiger charge is 2.37. The lowest BCUT2D eigenvalue weighted by Gasteiger charge is -2.37. The first-order chi connectivity index (χ1) is 15.5. The van der Waals surface area contributed by atoms with Crippen molar-refractivity contribution < 1.29 is 14.0 Å². The third-order valence-electron chi connectivity index (χ3n) is 7.32. The number of halogens is 1. The molecule has 2 aliphatic heterocycles. The summed E-state index contributed by atoms with van der Waals surface area (Å²) >= 11 is 0. The molecule has 168 valence electrons. The summed E-state index contributed by atoms with van der Waals surface area (Å²) < 4.78 is 14.8. The Bertz CT molecular complexity index is 1050. The zero-order valence-electron chi connectivity index (χ0n) is 18.6. The number of likely N-dealkylation sites (tertiary alicyclic amines) is 1. The van der Waals surface area contributed by atoms with Crippen molar-refractivity contribution in [2.24, 2.45) is 0 Å². The molecule has 2 amide bonds. The molecule has 0 bridgehead atoms. The molecule has 0 spiro atoms. The van der Waals surface area contributed by atoms with Crippen LogP contribution < -0.4 is 5.32 Å². The molecule has 1 atom stereocenters. The van der Waals surface area contributed by atoms with Crippen LogP contribution in [0.5, 0.6) is 0 Å². The maximum Gasteiger partial charge on any atom is 0.254 e. The van der Waals surface area contributed by atoms with Gasteiger partial charge >= 0.3 is 0 Å².